The van der Waals surface area contributed by atoms with Crippen LogP contribution < -0.4 is 0 Å². The molecule has 1 heterocycles. The summed E-state index contributed by atoms with van der Waals surface area (Å²) in [5.74, 6) is 1.39. The fourth-order valence-electron chi connectivity index (χ4n) is 2.97. The van der Waals surface area contributed by atoms with Gasteiger partial charge in [-0.25, -0.2) is 0 Å². The topological polar surface area (TPSA) is 26.3 Å². The predicted molar refractivity (Wildman–Crippen MR) is 66.1 cm³/mol. The number of ketones is 1. The fraction of sp³-hybridized carbons (Fsp3) is 0.533. The van der Waals surface area contributed by atoms with Crippen LogP contribution in [-0.2, 0) is 16.0 Å². The third-order valence-corrected chi connectivity index (χ3v) is 3.98. The van der Waals surface area contributed by atoms with Gasteiger partial charge in [0.1, 0.15) is 5.78 Å². The Balaban J connectivity index is 1.53. The molecule has 0 amide bonds. The van der Waals surface area contributed by atoms with Gasteiger partial charge >= 0.3 is 0 Å². The molecule has 0 saturated carbocycles. The van der Waals surface area contributed by atoms with Crippen LogP contribution >= 0.6 is 0 Å². The van der Waals surface area contributed by atoms with Crippen molar-refractivity contribution in [3.8, 4) is 0 Å². The van der Waals surface area contributed by atoms with Crippen molar-refractivity contribution in [3.63, 3.8) is 0 Å². The van der Waals surface area contributed by atoms with Crippen molar-refractivity contribution >= 4 is 5.78 Å². The summed E-state index contributed by atoms with van der Waals surface area (Å²) in [6.07, 6.45) is 3.60. The third kappa shape index (κ3) is 2.27. The van der Waals surface area contributed by atoms with E-state index in [0.717, 1.165) is 38.9 Å². The Morgan fingerprint density at radius 1 is 1.29 bits per heavy atom. The Kier molecular flexibility index (Phi) is 2.98. The van der Waals surface area contributed by atoms with E-state index in [9.17, 15) is 4.79 Å². The van der Waals surface area contributed by atoms with Gasteiger partial charge < -0.3 is 4.74 Å². The van der Waals surface area contributed by atoms with Gasteiger partial charge in [-0.2, -0.15) is 0 Å². The summed E-state index contributed by atoms with van der Waals surface area (Å²) in [4.78, 5) is 12.0. The maximum Gasteiger partial charge on any atom is 0.133 e. The molecule has 2 aliphatic rings. The quantitative estimate of drug-likeness (QED) is 0.795. The Bertz CT molecular complexity index is 419. The zero-order chi connectivity index (χ0) is 11.7. The summed E-state index contributed by atoms with van der Waals surface area (Å²) in [7, 11) is 0. The maximum atomic E-state index is 12.0. The van der Waals surface area contributed by atoms with E-state index in [0.29, 0.717) is 17.6 Å². The van der Waals surface area contributed by atoms with Crippen molar-refractivity contribution in [2.45, 2.75) is 31.6 Å². The van der Waals surface area contributed by atoms with E-state index in [4.69, 9.17) is 4.74 Å². The third-order valence-electron chi connectivity index (χ3n) is 3.98. The lowest BCUT2D eigenvalue weighted by Gasteiger charge is -2.29. The Hall–Kier alpha value is -1.15. The summed E-state index contributed by atoms with van der Waals surface area (Å²) < 4.78 is 5.31. The van der Waals surface area contributed by atoms with Crippen LogP contribution in [-0.4, -0.2) is 19.0 Å². The molecule has 1 aliphatic carbocycles. The molecule has 1 fully saturated rings. The maximum absolute atomic E-state index is 12.0. The first-order valence-corrected chi connectivity index (χ1v) is 6.50. The van der Waals surface area contributed by atoms with Crippen LogP contribution in [0.15, 0.2) is 24.3 Å². The van der Waals surface area contributed by atoms with E-state index >= 15 is 0 Å². The van der Waals surface area contributed by atoms with Crippen molar-refractivity contribution < 1.29 is 9.53 Å². The fourth-order valence-corrected chi connectivity index (χ4v) is 2.97. The van der Waals surface area contributed by atoms with Crippen molar-refractivity contribution in [1.82, 2.24) is 0 Å². The van der Waals surface area contributed by atoms with Crippen LogP contribution in [0.1, 0.15) is 36.3 Å². The molecule has 2 unspecified atom stereocenters. The first kappa shape index (κ1) is 11.0. The summed E-state index contributed by atoms with van der Waals surface area (Å²) in [6.45, 7) is 1.62. The predicted octanol–water partition coefficient (Wildman–Crippen LogP) is 2.71. The molecule has 0 bridgehead atoms. The van der Waals surface area contributed by atoms with Gasteiger partial charge in [-0.15, -0.1) is 0 Å². The first-order chi connectivity index (χ1) is 8.33. The minimum atomic E-state index is 0.417. The summed E-state index contributed by atoms with van der Waals surface area (Å²) in [6, 6.07) is 8.48. The number of hydrogen-bond acceptors (Lipinski definition) is 2. The Morgan fingerprint density at radius 2 is 2.18 bits per heavy atom. The number of carbonyl (C=O) groups excluding carboxylic acids is 1. The van der Waals surface area contributed by atoms with E-state index < -0.39 is 0 Å². The summed E-state index contributed by atoms with van der Waals surface area (Å²) in [5.41, 5.74) is 2.82. The van der Waals surface area contributed by atoms with Gasteiger partial charge in [0.25, 0.3) is 0 Å². The van der Waals surface area contributed by atoms with Crippen molar-refractivity contribution in [2.24, 2.45) is 5.92 Å². The van der Waals surface area contributed by atoms with Gasteiger partial charge in [0, 0.05) is 26.1 Å². The molecule has 0 spiro atoms. The number of Topliss-reactive ketones (excluding diaryl/α,β-unsaturated/α-hetero) is 1. The molecular formula is C15H18O2. The average molecular weight is 230 g/mol. The van der Waals surface area contributed by atoms with Crippen LogP contribution in [0.5, 0.6) is 0 Å². The number of benzene rings is 1. The van der Waals surface area contributed by atoms with Gasteiger partial charge in [0.2, 0.25) is 0 Å². The zero-order valence-corrected chi connectivity index (χ0v) is 10.0. The second-order valence-electron chi connectivity index (χ2n) is 5.28. The van der Waals surface area contributed by atoms with Crippen molar-refractivity contribution in [2.75, 3.05) is 13.2 Å². The Morgan fingerprint density at radius 3 is 2.94 bits per heavy atom. The molecule has 1 aromatic carbocycles. The smallest absolute Gasteiger partial charge is 0.133 e. The molecule has 1 aromatic rings. The molecule has 1 aliphatic heterocycles. The van der Waals surface area contributed by atoms with Crippen LogP contribution in [0.25, 0.3) is 0 Å². The van der Waals surface area contributed by atoms with Crippen LogP contribution in [0.3, 0.4) is 0 Å². The van der Waals surface area contributed by atoms with Crippen LogP contribution in [0.2, 0.25) is 0 Å². The van der Waals surface area contributed by atoms with Gasteiger partial charge in [0.15, 0.2) is 0 Å². The highest BCUT2D eigenvalue weighted by Gasteiger charge is 2.28. The molecular weight excluding hydrogens is 212 g/mol. The van der Waals surface area contributed by atoms with Crippen molar-refractivity contribution in [3.05, 3.63) is 35.4 Å². The van der Waals surface area contributed by atoms with Crippen molar-refractivity contribution in [1.29, 1.82) is 0 Å². The molecule has 0 aromatic heterocycles. The lowest BCUT2D eigenvalue weighted by Crippen LogP contribution is -2.21. The molecule has 2 heteroatoms. The highest BCUT2D eigenvalue weighted by Crippen LogP contribution is 2.37. The standard InChI is InChI=1S/C15H18O2/c16-14(7-11-5-6-17-10-11)9-13-8-12-3-1-2-4-15(12)13/h1-4,11,13H,5-10H2. The number of hydrogen-bond donors (Lipinski definition) is 0. The average Bonchev–Trinajstić information content (AvgIpc) is 2.79. The molecule has 90 valence electrons. The SMILES string of the molecule is O=C(CC1CCOC1)CC1Cc2ccccc21. The molecule has 1 saturated heterocycles. The van der Waals surface area contributed by atoms with Gasteiger partial charge in [0.05, 0.1) is 0 Å². The lowest BCUT2D eigenvalue weighted by atomic mass is 9.74. The highest BCUT2D eigenvalue weighted by atomic mass is 16.5. The zero-order valence-electron chi connectivity index (χ0n) is 10.0. The van der Waals surface area contributed by atoms with E-state index in [1.807, 2.05) is 0 Å². The van der Waals surface area contributed by atoms with E-state index in [-0.39, 0.29) is 0 Å². The number of rotatable bonds is 4. The highest BCUT2D eigenvalue weighted by molar-refractivity contribution is 5.80. The van der Waals surface area contributed by atoms with Gasteiger partial charge in [-0.3, -0.25) is 4.79 Å². The number of fused-ring (bicyclic) bond motifs is 1. The van der Waals surface area contributed by atoms with Gasteiger partial charge in [-0.05, 0) is 35.8 Å². The first-order valence-electron chi connectivity index (χ1n) is 6.50. The second kappa shape index (κ2) is 4.61. The summed E-state index contributed by atoms with van der Waals surface area (Å²) >= 11 is 0. The molecule has 3 rings (SSSR count). The summed E-state index contributed by atoms with van der Waals surface area (Å²) in [5, 5.41) is 0. The largest absolute Gasteiger partial charge is 0.381 e. The van der Waals surface area contributed by atoms with Crippen LogP contribution in [0, 0.1) is 5.92 Å². The molecule has 2 nitrogen and oxygen atoms in total. The lowest BCUT2D eigenvalue weighted by molar-refractivity contribution is -0.120. The second-order valence-corrected chi connectivity index (χ2v) is 5.28. The Labute approximate surface area is 102 Å². The number of carbonyl (C=O) groups is 1. The minimum absolute atomic E-state index is 0.417. The molecule has 0 N–H and O–H groups in total. The monoisotopic (exact) mass is 230 g/mol. The van der Waals surface area contributed by atoms with E-state index in [1.54, 1.807) is 0 Å². The number of ether oxygens (including phenoxy) is 1. The van der Waals surface area contributed by atoms with E-state index in [1.165, 1.54) is 11.1 Å². The molecule has 0 radical (unpaired) electrons. The van der Waals surface area contributed by atoms with E-state index in [2.05, 4.69) is 24.3 Å². The minimum Gasteiger partial charge on any atom is -0.381 e. The molecule has 2 atom stereocenters. The van der Waals surface area contributed by atoms with Crippen LogP contribution in [0.4, 0.5) is 0 Å². The normalized spacial score (nSPS) is 26.4. The molecule has 17 heavy (non-hydrogen) atoms. The van der Waals surface area contributed by atoms with Gasteiger partial charge in [-0.1, -0.05) is 24.3 Å².